The summed E-state index contributed by atoms with van der Waals surface area (Å²) in [5.41, 5.74) is 6.22. The van der Waals surface area contributed by atoms with Crippen LogP contribution >= 0.6 is 0 Å². The highest BCUT2D eigenvalue weighted by molar-refractivity contribution is 5.06. The van der Waals surface area contributed by atoms with E-state index >= 15 is 0 Å². The van der Waals surface area contributed by atoms with Gasteiger partial charge in [-0.15, -0.1) is 0 Å². The van der Waals surface area contributed by atoms with E-state index in [-0.39, 0.29) is 5.54 Å². The van der Waals surface area contributed by atoms with E-state index in [9.17, 15) is 0 Å². The van der Waals surface area contributed by atoms with E-state index in [0.717, 1.165) is 52.2 Å². The van der Waals surface area contributed by atoms with Crippen LogP contribution in [-0.2, 0) is 9.47 Å². The summed E-state index contributed by atoms with van der Waals surface area (Å²) < 4.78 is 11.3. The van der Waals surface area contributed by atoms with Gasteiger partial charge in [0.1, 0.15) is 0 Å². The molecule has 0 bridgehead atoms. The molecule has 0 amide bonds. The van der Waals surface area contributed by atoms with Crippen LogP contribution in [0.1, 0.15) is 33.1 Å². The standard InChI is InChI=1S/C13H26N2O2/c1-3-11-9-16-6-5-15(11)13(10-14)7-12(8-13)17-4-2/h11-12H,3-10,14H2,1-2H3. The Morgan fingerprint density at radius 1 is 1.41 bits per heavy atom. The topological polar surface area (TPSA) is 47.7 Å². The summed E-state index contributed by atoms with van der Waals surface area (Å²) in [4.78, 5) is 2.59. The number of nitrogens with zero attached hydrogens (tertiary/aromatic N) is 1. The molecule has 1 saturated heterocycles. The van der Waals surface area contributed by atoms with Gasteiger partial charge in [-0.3, -0.25) is 4.90 Å². The van der Waals surface area contributed by atoms with Crippen molar-refractivity contribution in [3.05, 3.63) is 0 Å². The monoisotopic (exact) mass is 242 g/mol. The van der Waals surface area contributed by atoms with Gasteiger partial charge in [0.15, 0.2) is 0 Å². The molecule has 2 fully saturated rings. The Kier molecular flexibility index (Phi) is 4.42. The predicted octanol–water partition coefficient (Wildman–Crippen LogP) is 0.994. The first-order valence-corrected chi connectivity index (χ1v) is 6.92. The lowest BCUT2D eigenvalue weighted by Crippen LogP contribution is -2.68. The molecule has 0 radical (unpaired) electrons. The zero-order valence-electron chi connectivity index (χ0n) is 11.2. The maximum absolute atomic E-state index is 6.04. The summed E-state index contributed by atoms with van der Waals surface area (Å²) >= 11 is 0. The minimum atomic E-state index is 0.185. The van der Waals surface area contributed by atoms with Crippen LogP contribution in [0.25, 0.3) is 0 Å². The van der Waals surface area contributed by atoms with Gasteiger partial charge in [-0.1, -0.05) is 6.92 Å². The van der Waals surface area contributed by atoms with E-state index in [1.54, 1.807) is 0 Å². The Balaban J connectivity index is 1.98. The van der Waals surface area contributed by atoms with Crippen molar-refractivity contribution in [2.24, 2.45) is 5.73 Å². The van der Waals surface area contributed by atoms with Crippen molar-refractivity contribution in [2.75, 3.05) is 32.9 Å². The highest BCUT2D eigenvalue weighted by Crippen LogP contribution is 2.41. The maximum atomic E-state index is 6.04. The number of rotatable bonds is 5. The van der Waals surface area contributed by atoms with Crippen LogP contribution in [0.2, 0.25) is 0 Å². The lowest BCUT2D eigenvalue weighted by molar-refractivity contribution is -0.144. The van der Waals surface area contributed by atoms with Crippen molar-refractivity contribution < 1.29 is 9.47 Å². The van der Waals surface area contributed by atoms with E-state index in [1.165, 1.54) is 0 Å². The van der Waals surface area contributed by atoms with Crippen LogP contribution in [0.4, 0.5) is 0 Å². The first-order valence-electron chi connectivity index (χ1n) is 6.92. The lowest BCUT2D eigenvalue weighted by atomic mass is 9.71. The van der Waals surface area contributed by atoms with Crippen LogP contribution in [0.5, 0.6) is 0 Å². The average Bonchev–Trinajstić information content (AvgIpc) is 2.33. The fourth-order valence-corrected chi connectivity index (χ4v) is 3.28. The molecular formula is C13H26N2O2. The minimum absolute atomic E-state index is 0.185. The zero-order chi connectivity index (χ0) is 12.3. The van der Waals surface area contributed by atoms with Crippen LogP contribution in [0, 0.1) is 0 Å². The zero-order valence-corrected chi connectivity index (χ0v) is 11.2. The van der Waals surface area contributed by atoms with Crippen LogP contribution in [0.3, 0.4) is 0 Å². The van der Waals surface area contributed by atoms with Crippen molar-refractivity contribution in [1.29, 1.82) is 0 Å². The third-order valence-corrected chi connectivity index (χ3v) is 4.31. The molecule has 0 aromatic rings. The summed E-state index contributed by atoms with van der Waals surface area (Å²) in [6.45, 7) is 8.57. The summed E-state index contributed by atoms with van der Waals surface area (Å²) in [5, 5.41) is 0. The first-order chi connectivity index (χ1) is 8.25. The largest absolute Gasteiger partial charge is 0.378 e. The molecule has 1 heterocycles. The van der Waals surface area contributed by atoms with E-state index < -0.39 is 0 Å². The Morgan fingerprint density at radius 2 is 2.18 bits per heavy atom. The van der Waals surface area contributed by atoms with Gasteiger partial charge in [-0.25, -0.2) is 0 Å². The molecule has 2 rings (SSSR count). The van der Waals surface area contributed by atoms with Gasteiger partial charge in [-0.2, -0.15) is 0 Å². The molecule has 2 N–H and O–H groups in total. The molecule has 0 aromatic carbocycles. The Morgan fingerprint density at radius 3 is 2.76 bits per heavy atom. The predicted molar refractivity (Wildman–Crippen MR) is 68.0 cm³/mol. The van der Waals surface area contributed by atoms with Gasteiger partial charge in [-0.05, 0) is 26.2 Å². The molecule has 1 aliphatic heterocycles. The summed E-state index contributed by atoms with van der Waals surface area (Å²) in [5.74, 6) is 0. The van der Waals surface area contributed by atoms with Crippen molar-refractivity contribution in [3.8, 4) is 0 Å². The molecule has 1 saturated carbocycles. The SMILES string of the molecule is CCOC1CC(CN)(N2CCOCC2CC)C1. The van der Waals surface area contributed by atoms with Gasteiger partial charge in [0, 0.05) is 31.3 Å². The van der Waals surface area contributed by atoms with Gasteiger partial charge in [0.25, 0.3) is 0 Å². The molecule has 0 spiro atoms. The summed E-state index contributed by atoms with van der Waals surface area (Å²) in [6.07, 6.45) is 3.74. The Hall–Kier alpha value is -0.160. The van der Waals surface area contributed by atoms with Gasteiger partial charge in [0.05, 0.1) is 19.3 Å². The molecule has 0 aromatic heterocycles. The van der Waals surface area contributed by atoms with E-state index in [2.05, 4.69) is 18.7 Å². The number of morpholine rings is 1. The summed E-state index contributed by atoms with van der Waals surface area (Å²) in [7, 11) is 0. The molecule has 2 aliphatic rings. The third kappa shape index (κ3) is 2.50. The Labute approximate surface area is 104 Å². The Bertz CT molecular complexity index is 242. The molecule has 1 atom stereocenters. The number of nitrogens with two attached hydrogens (primary N) is 1. The number of ether oxygens (including phenoxy) is 2. The maximum Gasteiger partial charge on any atom is 0.0622 e. The van der Waals surface area contributed by atoms with Crippen molar-refractivity contribution in [3.63, 3.8) is 0 Å². The van der Waals surface area contributed by atoms with E-state index in [4.69, 9.17) is 15.2 Å². The van der Waals surface area contributed by atoms with Crippen molar-refractivity contribution in [2.45, 2.75) is 50.8 Å². The molecule has 17 heavy (non-hydrogen) atoms. The quantitative estimate of drug-likeness (QED) is 0.781. The molecular weight excluding hydrogens is 216 g/mol. The van der Waals surface area contributed by atoms with Crippen molar-refractivity contribution in [1.82, 2.24) is 4.90 Å². The average molecular weight is 242 g/mol. The molecule has 1 aliphatic carbocycles. The van der Waals surface area contributed by atoms with Crippen molar-refractivity contribution >= 4 is 0 Å². The minimum Gasteiger partial charge on any atom is -0.378 e. The van der Waals surface area contributed by atoms with Gasteiger partial charge >= 0.3 is 0 Å². The second-order valence-corrected chi connectivity index (χ2v) is 5.24. The first kappa shape index (κ1) is 13.3. The van der Waals surface area contributed by atoms with E-state index in [1.807, 2.05) is 0 Å². The van der Waals surface area contributed by atoms with Crippen LogP contribution in [0.15, 0.2) is 0 Å². The smallest absolute Gasteiger partial charge is 0.0622 e. The van der Waals surface area contributed by atoms with Gasteiger partial charge in [0.2, 0.25) is 0 Å². The molecule has 4 nitrogen and oxygen atoms in total. The highest BCUT2D eigenvalue weighted by Gasteiger charge is 2.50. The summed E-state index contributed by atoms with van der Waals surface area (Å²) in [6, 6.07) is 0.537. The van der Waals surface area contributed by atoms with Gasteiger partial charge < -0.3 is 15.2 Å². The fourth-order valence-electron chi connectivity index (χ4n) is 3.28. The van der Waals surface area contributed by atoms with Crippen LogP contribution in [-0.4, -0.2) is 55.5 Å². The molecule has 1 unspecified atom stereocenters. The third-order valence-electron chi connectivity index (χ3n) is 4.31. The highest BCUT2D eigenvalue weighted by atomic mass is 16.5. The number of hydrogen-bond donors (Lipinski definition) is 1. The molecule has 100 valence electrons. The normalized spacial score (nSPS) is 39.0. The second kappa shape index (κ2) is 5.65. The van der Waals surface area contributed by atoms with Crippen LogP contribution < -0.4 is 5.73 Å². The van der Waals surface area contributed by atoms with E-state index in [0.29, 0.717) is 12.1 Å². The second-order valence-electron chi connectivity index (χ2n) is 5.24. The lowest BCUT2D eigenvalue weighted by Gasteiger charge is -2.57. The number of hydrogen-bond acceptors (Lipinski definition) is 4. The fraction of sp³-hybridized carbons (Fsp3) is 1.00. The molecule has 4 heteroatoms.